The van der Waals surface area contributed by atoms with Gasteiger partial charge in [0.05, 0.1) is 0 Å². The van der Waals surface area contributed by atoms with E-state index >= 15 is 0 Å². The van der Waals surface area contributed by atoms with Gasteiger partial charge in [-0.3, -0.25) is 0 Å². The zero-order valence-corrected chi connectivity index (χ0v) is 16.9. The van der Waals surface area contributed by atoms with Crippen LogP contribution in [0.25, 0.3) is 0 Å². The molecule has 0 spiro atoms. The minimum absolute atomic E-state index is 0. The molecule has 128 valence electrons. The van der Waals surface area contributed by atoms with E-state index in [1.807, 2.05) is 0 Å². The molecule has 0 saturated heterocycles. The van der Waals surface area contributed by atoms with Crippen molar-refractivity contribution in [2.45, 2.75) is 52.9 Å². The third-order valence-electron chi connectivity index (χ3n) is 1.33. The van der Waals surface area contributed by atoms with E-state index in [1.165, 1.54) is 56.1 Å². The van der Waals surface area contributed by atoms with Crippen molar-refractivity contribution in [3.05, 3.63) is 0 Å². The van der Waals surface area contributed by atoms with E-state index in [0.29, 0.717) is 0 Å². The molecule has 0 aliphatic carbocycles. The van der Waals surface area contributed by atoms with E-state index in [1.54, 1.807) is 0 Å². The van der Waals surface area contributed by atoms with Gasteiger partial charge in [0.2, 0.25) is 0 Å². The molecule has 4 unspecified atom stereocenters. The van der Waals surface area contributed by atoms with Crippen LogP contribution in [0.1, 0.15) is 27.7 Å². The molecule has 8 nitrogen and oxygen atoms in total. The molecule has 4 atom stereocenters. The third-order valence-corrected chi connectivity index (χ3v) is 1.33. The van der Waals surface area contributed by atoms with Gasteiger partial charge in [-0.1, -0.05) is 27.7 Å². The zero-order valence-electron chi connectivity index (χ0n) is 14.1. The zero-order chi connectivity index (χ0) is 17.1. The number of methoxy groups -OCH3 is 4. The second-order valence-electron chi connectivity index (χ2n) is 3.21. The molecule has 21 heavy (non-hydrogen) atoms. The van der Waals surface area contributed by atoms with Gasteiger partial charge in [0, 0.05) is 28.4 Å². The van der Waals surface area contributed by atoms with Crippen LogP contribution in [0, 0.1) is 0 Å². The van der Waals surface area contributed by atoms with Crippen LogP contribution in [0.15, 0.2) is 0 Å². The fraction of sp³-hybridized carbons (Fsp3) is 1.00. The fourth-order valence-corrected chi connectivity index (χ4v) is 0. The summed E-state index contributed by atoms with van der Waals surface area (Å²) >= 11 is 0. The maximum atomic E-state index is 9.67. The molecule has 0 aromatic heterocycles. The maximum Gasteiger partial charge on any atom is 4.00 e. The van der Waals surface area contributed by atoms with E-state index in [-0.39, 0.29) is 23.9 Å². The quantitative estimate of drug-likeness (QED) is 0.348. The second-order valence-corrected chi connectivity index (χ2v) is 3.21. The van der Waals surface area contributed by atoms with Crippen LogP contribution in [0.3, 0.4) is 0 Å². The van der Waals surface area contributed by atoms with Crippen molar-refractivity contribution >= 4 is 23.9 Å². The van der Waals surface area contributed by atoms with Crippen molar-refractivity contribution in [3.8, 4) is 0 Å². The molecule has 0 saturated carbocycles. The average molecular weight is 419 g/mol. The summed E-state index contributed by atoms with van der Waals surface area (Å²) in [5.41, 5.74) is 0. The molecule has 0 rings (SSSR count). The Kier molecular flexibility index (Phi) is 45.2. The first-order chi connectivity index (χ1) is 9.08. The predicted molar refractivity (Wildman–Crippen MR) is 71.6 cm³/mol. The minimum atomic E-state index is -0.866. The molecule has 9 heteroatoms. The molecule has 0 aliphatic rings. The minimum Gasteiger partial charge on any atom is -0.831 e. The molecule has 0 amide bonds. The molecular weight excluding hydrogens is 391 g/mol. The topological polar surface area (TPSA) is 129 Å². The fourth-order valence-electron chi connectivity index (χ4n) is 0. The van der Waals surface area contributed by atoms with Crippen molar-refractivity contribution in [1.29, 1.82) is 0 Å². The number of hydrogen-bond donors (Lipinski definition) is 0. The Balaban J connectivity index is -0.0000000533. The largest absolute Gasteiger partial charge is 4.00 e. The van der Waals surface area contributed by atoms with Gasteiger partial charge in [-0.25, -0.2) is 0 Å². The summed E-state index contributed by atoms with van der Waals surface area (Å²) in [6.45, 7) is 5.78. The number of ether oxygens (including phenoxy) is 4. The first-order valence-electron chi connectivity index (χ1n) is 5.83. The normalized spacial score (nSPS) is 14.3. The molecule has 0 aliphatic heterocycles. The summed E-state index contributed by atoms with van der Waals surface area (Å²) in [7, 11) is 5.55. The Hall–Kier alpha value is 0.479. The van der Waals surface area contributed by atoms with Gasteiger partial charge in [-0.05, 0) is 25.2 Å². The third kappa shape index (κ3) is 97.3. The SMILES string of the molecule is COC(C)[O-].COC(C)[O-].COC(C)[O-].COC(C)[O-].[Sn+4]. The predicted octanol–water partition coefficient (Wildman–Crippen LogP) is -3.02. The Labute approximate surface area is 144 Å². The number of hydrogen-bond acceptors (Lipinski definition) is 8. The van der Waals surface area contributed by atoms with Crippen molar-refractivity contribution in [1.82, 2.24) is 0 Å². The molecule has 0 N–H and O–H groups in total. The first-order valence-corrected chi connectivity index (χ1v) is 5.83. The average Bonchev–Trinajstić information content (AvgIpc) is 2.40. The van der Waals surface area contributed by atoms with Crippen LogP contribution in [0.2, 0.25) is 0 Å². The van der Waals surface area contributed by atoms with Crippen molar-refractivity contribution in [3.63, 3.8) is 0 Å². The van der Waals surface area contributed by atoms with Crippen LogP contribution in [-0.2, 0) is 18.9 Å². The standard InChI is InChI=1S/4C3H7O2.Sn/c4*1-3(4)5-2;/h4*3H,1-2H3;/q4*-1;+4. The van der Waals surface area contributed by atoms with Crippen LogP contribution in [0.4, 0.5) is 0 Å². The Bertz CT molecular complexity index is 113. The van der Waals surface area contributed by atoms with Gasteiger partial charge in [0.15, 0.2) is 0 Å². The molecule has 0 radical (unpaired) electrons. The van der Waals surface area contributed by atoms with E-state index in [2.05, 4.69) is 18.9 Å². The van der Waals surface area contributed by atoms with Gasteiger partial charge in [0.1, 0.15) is 0 Å². The Morgan fingerprint density at radius 3 is 0.524 bits per heavy atom. The van der Waals surface area contributed by atoms with Gasteiger partial charge < -0.3 is 39.4 Å². The van der Waals surface area contributed by atoms with Crippen LogP contribution >= 0.6 is 0 Å². The van der Waals surface area contributed by atoms with E-state index in [0.717, 1.165) is 0 Å². The molecule has 0 aromatic carbocycles. The summed E-state index contributed by atoms with van der Waals surface area (Å²) in [5.74, 6) is 0. The van der Waals surface area contributed by atoms with Gasteiger partial charge >= 0.3 is 23.9 Å². The van der Waals surface area contributed by atoms with Crippen molar-refractivity contribution in [2.75, 3.05) is 28.4 Å². The van der Waals surface area contributed by atoms with Crippen molar-refractivity contribution in [2.24, 2.45) is 0 Å². The summed E-state index contributed by atoms with van der Waals surface area (Å²) in [6, 6.07) is 0. The van der Waals surface area contributed by atoms with Crippen LogP contribution < -0.4 is 20.4 Å². The van der Waals surface area contributed by atoms with E-state index in [9.17, 15) is 20.4 Å². The smallest absolute Gasteiger partial charge is 0.831 e. The van der Waals surface area contributed by atoms with Gasteiger partial charge in [0.25, 0.3) is 0 Å². The monoisotopic (exact) mass is 420 g/mol. The van der Waals surface area contributed by atoms with Crippen LogP contribution in [0.5, 0.6) is 0 Å². The first kappa shape index (κ1) is 33.2. The number of rotatable bonds is 4. The molecular formula is C12H28O8Sn. The van der Waals surface area contributed by atoms with Crippen LogP contribution in [-0.4, -0.2) is 77.5 Å². The van der Waals surface area contributed by atoms with E-state index < -0.39 is 25.2 Å². The molecule has 0 bridgehead atoms. The molecule has 0 fully saturated rings. The van der Waals surface area contributed by atoms with E-state index in [4.69, 9.17) is 0 Å². The molecule has 0 heterocycles. The summed E-state index contributed by atoms with van der Waals surface area (Å²) in [6.07, 6.45) is -3.46. The second kappa shape index (κ2) is 28.6. The summed E-state index contributed by atoms with van der Waals surface area (Å²) < 4.78 is 16.8. The van der Waals surface area contributed by atoms with Crippen molar-refractivity contribution < 1.29 is 39.4 Å². The summed E-state index contributed by atoms with van der Waals surface area (Å²) in [5, 5.41) is 38.7. The Morgan fingerprint density at radius 2 is 0.524 bits per heavy atom. The van der Waals surface area contributed by atoms with Gasteiger partial charge in [-0.2, -0.15) is 0 Å². The van der Waals surface area contributed by atoms with Gasteiger partial charge in [-0.15, -0.1) is 0 Å². The Morgan fingerprint density at radius 1 is 0.476 bits per heavy atom. The molecule has 0 aromatic rings. The summed E-state index contributed by atoms with van der Waals surface area (Å²) in [4.78, 5) is 0. The maximum absolute atomic E-state index is 9.67.